The van der Waals surface area contributed by atoms with Crippen molar-refractivity contribution in [3.63, 3.8) is 0 Å². The van der Waals surface area contributed by atoms with Crippen LogP contribution in [0.4, 0.5) is 5.69 Å². The molecule has 0 aliphatic heterocycles. The lowest BCUT2D eigenvalue weighted by atomic mass is 9.48. The average molecular weight is 495 g/mol. The van der Waals surface area contributed by atoms with Crippen molar-refractivity contribution in [2.75, 3.05) is 5.32 Å². The van der Waals surface area contributed by atoms with E-state index in [0.717, 1.165) is 23.3 Å². The summed E-state index contributed by atoms with van der Waals surface area (Å²) in [6.45, 7) is 5.88. The number of hydrogen-bond acceptors (Lipinski definition) is 3. The van der Waals surface area contributed by atoms with Crippen molar-refractivity contribution in [1.29, 1.82) is 0 Å². The molecule has 0 spiro atoms. The molecule has 4 aliphatic rings. The number of aryl methyl sites for hydroxylation is 1. The van der Waals surface area contributed by atoms with Gasteiger partial charge in [0.15, 0.2) is 0 Å². The zero-order valence-electron chi connectivity index (χ0n) is 21.1. The van der Waals surface area contributed by atoms with Crippen LogP contribution in [0.15, 0.2) is 53.4 Å². The van der Waals surface area contributed by atoms with Crippen LogP contribution in [0.25, 0.3) is 0 Å². The smallest absolute Gasteiger partial charge is 0.242 e. The van der Waals surface area contributed by atoms with Crippen molar-refractivity contribution < 1.29 is 13.2 Å². The van der Waals surface area contributed by atoms with E-state index in [2.05, 4.69) is 22.2 Å². The maximum atomic E-state index is 13.2. The number of amides is 1. The van der Waals surface area contributed by atoms with Crippen LogP contribution >= 0.6 is 0 Å². The van der Waals surface area contributed by atoms with Crippen LogP contribution < -0.4 is 10.0 Å². The van der Waals surface area contributed by atoms with Crippen molar-refractivity contribution in [2.24, 2.45) is 23.7 Å². The fraction of sp³-hybridized carbons (Fsp3) is 0.552. The highest BCUT2D eigenvalue weighted by molar-refractivity contribution is 7.89. The van der Waals surface area contributed by atoms with Crippen molar-refractivity contribution in [3.05, 3.63) is 59.7 Å². The van der Waals surface area contributed by atoms with Crippen LogP contribution in [0, 0.1) is 30.6 Å². The van der Waals surface area contributed by atoms with Gasteiger partial charge in [0, 0.05) is 5.69 Å². The quantitative estimate of drug-likeness (QED) is 0.487. The summed E-state index contributed by atoms with van der Waals surface area (Å²) in [4.78, 5) is 13.4. The second-order valence-electron chi connectivity index (χ2n) is 11.9. The molecule has 4 fully saturated rings. The summed E-state index contributed by atoms with van der Waals surface area (Å²) >= 11 is 0. The molecule has 2 aromatic rings. The number of carbonyl (C=O) groups is 1. The first-order valence-electron chi connectivity index (χ1n) is 13.1. The number of sulfonamides is 1. The fourth-order valence-corrected chi connectivity index (χ4v) is 8.46. The molecule has 1 amide bonds. The van der Waals surface area contributed by atoms with Crippen LogP contribution in [-0.4, -0.2) is 20.4 Å². The second kappa shape index (κ2) is 9.36. The van der Waals surface area contributed by atoms with Crippen molar-refractivity contribution in [2.45, 2.75) is 82.1 Å². The first-order valence-corrected chi connectivity index (χ1v) is 14.6. The molecule has 6 heteroatoms. The highest BCUT2D eigenvalue weighted by atomic mass is 32.2. The monoisotopic (exact) mass is 494 g/mol. The van der Waals surface area contributed by atoms with Gasteiger partial charge in [-0.2, -0.15) is 4.72 Å². The van der Waals surface area contributed by atoms with E-state index in [4.69, 9.17) is 0 Å². The van der Waals surface area contributed by atoms with E-state index in [0.29, 0.717) is 17.5 Å². The summed E-state index contributed by atoms with van der Waals surface area (Å²) in [5, 5.41) is 2.97. The molecular formula is C29H38N2O3S. The van der Waals surface area contributed by atoms with E-state index in [-0.39, 0.29) is 16.7 Å². The van der Waals surface area contributed by atoms with Gasteiger partial charge >= 0.3 is 0 Å². The fourth-order valence-electron chi connectivity index (χ4n) is 7.25. The van der Waals surface area contributed by atoms with Crippen LogP contribution in [0.1, 0.15) is 69.9 Å². The molecule has 6 rings (SSSR count). The Kier molecular flexibility index (Phi) is 6.56. The summed E-state index contributed by atoms with van der Waals surface area (Å²) in [5.41, 5.74) is 3.43. The van der Waals surface area contributed by atoms with Gasteiger partial charge in [-0.25, -0.2) is 8.42 Å². The molecule has 0 heterocycles. The molecule has 2 N–H and O–H groups in total. The summed E-state index contributed by atoms with van der Waals surface area (Å²) in [7, 11) is -3.80. The standard InChI is InChI=1S/C29H38N2O3S/c1-19(2)12-27(31-35(33,34)26-10-4-20(3)5-11-26)28(32)30-25-8-6-24(7-9-25)29-16-21-13-22(17-29)15-23(14-21)18-29/h4-11,19,21-23,27,31H,12-18H2,1-3H3,(H,30,32)/t21?,22?,23?,27-,29?/m0/s1. The second-order valence-corrected chi connectivity index (χ2v) is 13.6. The Morgan fingerprint density at radius 1 is 0.914 bits per heavy atom. The number of hydrogen-bond donors (Lipinski definition) is 2. The van der Waals surface area contributed by atoms with E-state index in [1.165, 1.54) is 44.1 Å². The molecule has 5 nitrogen and oxygen atoms in total. The van der Waals surface area contributed by atoms with E-state index in [9.17, 15) is 13.2 Å². The van der Waals surface area contributed by atoms with Gasteiger partial charge in [-0.05, 0) is 111 Å². The topological polar surface area (TPSA) is 75.3 Å². The van der Waals surface area contributed by atoms with Crippen molar-refractivity contribution in [1.82, 2.24) is 4.72 Å². The van der Waals surface area contributed by atoms with Gasteiger partial charge in [-0.1, -0.05) is 43.7 Å². The molecule has 4 bridgehead atoms. The molecule has 35 heavy (non-hydrogen) atoms. The molecule has 0 unspecified atom stereocenters. The predicted molar refractivity (Wildman–Crippen MR) is 140 cm³/mol. The lowest BCUT2D eigenvalue weighted by Gasteiger charge is -2.57. The van der Waals surface area contributed by atoms with Crippen molar-refractivity contribution in [3.8, 4) is 0 Å². The zero-order chi connectivity index (χ0) is 24.8. The molecule has 188 valence electrons. The van der Waals surface area contributed by atoms with Gasteiger partial charge in [0.25, 0.3) is 0 Å². The molecule has 1 atom stereocenters. The minimum Gasteiger partial charge on any atom is -0.325 e. The lowest BCUT2D eigenvalue weighted by Crippen LogP contribution is -2.48. The third-order valence-corrected chi connectivity index (χ3v) is 9.94. The largest absolute Gasteiger partial charge is 0.325 e. The molecule has 4 saturated carbocycles. The van der Waals surface area contributed by atoms with E-state index in [1.54, 1.807) is 24.3 Å². The molecule has 4 aliphatic carbocycles. The SMILES string of the molecule is Cc1ccc(S(=O)(=O)N[C@@H](CC(C)C)C(=O)Nc2ccc(C34CC5CC(CC(C5)C3)C4)cc2)cc1. The Labute approximate surface area is 210 Å². The van der Waals surface area contributed by atoms with E-state index in [1.807, 2.05) is 32.9 Å². The van der Waals surface area contributed by atoms with E-state index < -0.39 is 16.1 Å². The highest BCUT2D eigenvalue weighted by Crippen LogP contribution is 2.60. The van der Waals surface area contributed by atoms with Crippen LogP contribution in [-0.2, 0) is 20.2 Å². The highest BCUT2D eigenvalue weighted by Gasteiger charge is 2.51. The number of nitrogens with one attached hydrogen (secondary N) is 2. The van der Waals surface area contributed by atoms with Gasteiger partial charge in [0.05, 0.1) is 4.90 Å². The average Bonchev–Trinajstić information content (AvgIpc) is 2.78. The normalized spacial score (nSPS) is 28.3. The summed E-state index contributed by atoms with van der Waals surface area (Å²) in [6.07, 6.45) is 8.60. The van der Waals surface area contributed by atoms with Crippen LogP contribution in [0.2, 0.25) is 0 Å². The molecule has 0 saturated heterocycles. The number of anilines is 1. The van der Waals surface area contributed by atoms with Gasteiger partial charge in [0.2, 0.25) is 15.9 Å². The molecular weight excluding hydrogens is 456 g/mol. The van der Waals surface area contributed by atoms with Crippen LogP contribution in [0.5, 0.6) is 0 Å². The predicted octanol–water partition coefficient (Wildman–Crippen LogP) is 5.79. The lowest BCUT2D eigenvalue weighted by molar-refractivity contribution is -0.118. The minimum atomic E-state index is -3.80. The molecule has 2 aromatic carbocycles. The maximum Gasteiger partial charge on any atom is 0.242 e. The summed E-state index contributed by atoms with van der Waals surface area (Å²) < 4.78 is 28.5. The Hall–Kier alpha value is -2.18. The van der Waals surface area contributed by atoms with Gasteiger partial charge < -0.3 is 5.32 Å². The Bertz CT molecular complexity index is 1130. The number of rotatable bonds is 8. The summed E-state index contributed by atoms with van der Waals surface area (Å²) in [6, 6.07) is 14.2. The Morgan fingerprint density at radius 3 is 1.97 bits per heavy atom. The Morgan fingerprint density at radius 2 is 1.46 bits per heavy atom. The first-order chi connectivity index (χ1) is 16.6. The minimum absolute atomic E-state index is 0.157. The first kappa shape index (κ1) is 24.5. The third kappa shape index (κ3) is 5.19. The number of carbonyl (C=O) groups excluding carboxylic acids is 1. The Balaban J connectivity index is 1.29. The number of benzene rings is 2. The van der Waals surface area contributed by atoms with Gasteiger partial charge in [-0.15, -0.1) is 0 Å². The molecule has 0 radical (unpaired) electrons. The maximum absolute atomic E-state index is 13.2. The summed E-state index contributed by atoms with van der Waals surface area (Å²) in [5.74, 6) is 2.50. The van der Waals surface area contributed by atoms with Gasteiger partial charge in [0.1, 0.15) is 6.04 Å². The van der Waals surface area contributed by atoms with E-state index >= 15 is 0 Å². The third-order valence-electron chi connectivity index (χ3n) is 8.46. The van der Waals surface area contributed by atoms with Gasteiger partial charge in [-0.3, -0.25) is 4.79 Å². The van der Waals surface area contributed by atoms with Crippen molar-refractivity contribution >= 4 is 21.6 Å². The molecule has 0 aromatic heterocycles. The van der Waals surface area contributed by atoms with Crippen LogP contribution in [0.3, 0.4) is 0 Å². The zero-order valence-corrected chi connectivity index (χ0v) is 21.9.